The Labute approximate surface area is 149 Å². The maximum absolute atomic E-state index is 12.4. The Balaban J connectivity index is 1.77. The van der Waals surface area contributed by atoms with Gasteiger partial charge >= 0.3 is 12.0 Å². The Morgan fingerprint density at radius 2 is 2.12 bits per heavy atom. The third-order valence-electron chi connectivity index (χ3n) is 4.03. The highest BCUT2D eigenvalue weighted by Crippen LogP contribution is 2.28. The number of anilines is 1. The molecule has 1 aliphatic carbocycles. The van der Waals surface area contributed by atoms with Gasteiger partial charge in [-0.1, -0.05) is 24.8 Å². The number of amides is 2. The second-order valence-corrected chi connectivity index (χ2v) is 6.85. The molecule has 2 rings (SSSR count). The van der Waals surface area contributed by atoms with Gasteiger partial charge in [0.1, 0.15) is 0 Å². The van der Waals surface area contributed by atoms with Gasteiger partial charge in [-0.25, -0.2) is 4.79 Å². The van der Waals surface area contributed by atoms with Crippen LogP contribution in [-0.4, -0.2) is 52.9 Å². The lowest BCUT2D eigenvalue weighted by Gasteiger charge is -2.42. The number of carbonyl (C=O) groups is 2. The Bertz CT molecular complexity index is 612. The van der Waals surface area contributed by atoms with Crippen LogP contribution in [0.2, 0.25) is 0 Å². The average Bonchev–Trinajstić information content (AvgIpc) is 2.48. The predicted molar refractivity (Wildman–Crippen MR) is 92.2 cm³/mol. The molecule has 6 nitrogen and oxygen atoms in total. The molecular formula is C16H21F2N3O3S. The minimum Gasteiger partial charge on any atom is -0.480 e. The lowest BCUT2D eigenvalue weighted by atomic mass is 9.85. The van der Waals surface area contributed by atoms with Gasteiger partial charge in [-0.15, -0.1) is 0 Å². The van der Waals surface area contributed by atoms with E-state index in [9.17, 15) is 18.4 Å². The third kappa shape index (κ3) is 6.17. The van der Waals surface area contributed by atoms with Crippen molar-refractivity contribution >= 4 is 29.4 Å². The largest absolute Gasteiger partial charge is 0.480 e. The molecule has 0 spiro atoms. The van der Waals surface area contributed by atoms with E-state index in [0.717, 1.165) is 0 Å². The van der Waals surface area contributed by atoms with Crippen LogP contribution in [0.25, 0.3) is 0 Å². The molecule has 0 unspecified atom stereocenters. The zero-order valence-electron chi connectivity index (χ0n) is 13.7. The smallest absolute Gasteiger partial charge is 0.319 e. The summed E-state index contributed by atoms with van der Waals surface area (Å²) in [5.74, 6) is -3.37. The first-order chi connectivity index (χ1) is 11.9. The molecule has 25 heavy (non-hydrogen) atoms. The number of nitrogens with zero attached hydrogens (tertiary/aromatic N) is 1. The second-order valence-electron chi connectivity index (χ2n) is 5.78. The quantitative estimate of drug-likeness (QED) is 0.610. The molecule has 138 valence electrons. The van der Waals surface area contributed by atoms with Crippen LogP contribution < -0.4 is 10.6 Å². The van der Waals surface area contributed by atoms with Crippen molar-refractivity contribution in [2.75, 3.05) is 18.4 Å². The number of urea groups is 1. The second kappa shape index (κ2) is 9.00. The Kier molecular flexibility index (Phi) is 7.01. The van der Waals surface area contributed by atoms with Gasteiger partial charge in [0.25, 0.3) is 5.76 Å². The standard InChI is InChI=1S/C16H21F2N3O3S/c1-2-21(9-14(22)23)12-6-11(7-12)20-16(24)19-10-4-3-5-13(8-10)25-15(17)18/h3-5,8,11-12,15H,2,6-7,9H2,1H3,(H,22,23)(H2,19,20,24). The number of aliphatic carboxylic acids is 1. The van der Waals surface area contributed by atoms with Gasteiger partial charge < -0.3 is 15.7 Å². The summed E-state index contributed by atoms with van der Waals surface area (Å²) < 4.78 is 24.7. The topological polar surface area (TPSA) is 81.7 Å². The average molecular weight is 373 g/mol. The number of halogens is 2. The van der Waals surface area contributed by atoms with Gasteiger partial charge in [-0.2, -0.15) is 8.78 Å². The number of benzene rings is 1. The Morgan fingerprint density at radius 1 is 1.40 bits per heavy atom. The van der Waals surface area contributed by atoms with E-state index in [2.05, 4.69) is 10.6 Å². The lowest BCUT2D eigenvalue weighted by Crippen LogP contribution is -2.55. The van der Waals surface area contributed by atoms with Crippen LogP contribution in [0, 0.1) is 0 Å². The van der Waals surface area contributed by atoms with Gasteiger partial charge in [0.15, 0.2) is 0 Å². The molecule has 3 N–H and O–H groups in total. The van der Waals surface area contributed by atoms with Crippen molar-refractivity contribution in [2.45, 2.75) is 42.5 Å². The van der Waals surface area contributed by atoms with Crippen LogP contribution in [0.15, 0.2) is 29.2 Å². The molecule has 1 aromatic carbocycles. The number of hydrogen-bond acceptors (Lipinski definition) is 4. The maximum atomic E-state index is 12.4. The molecular weight excluding hydrogens is 352 g/mol. The van der Waals surface area contributed by atoms with Crippen LogP contribution in [-0.2, 0) is 4.79 Å². The van der Waals surface area contributed by atoms with Gasteiger partial charge in [0.2, 0.25) is 0 Å². The van der Waals surface area contributed by atoms with Gasteiger partial charge in [-0.05, 0) is 37.6 Å². The molecule has 0 heterocycles. The molecule has 1 fully saturated rings. The monoisotopic (exact) mass is 373 g/mol. The van der Waals surface area contributed by atoms with Crippen molar-refractivity contribution in [2.24, 2.45) is 0 Å². The van der Waals surface area contributed by atoms with E-state index in [0.29, 0.717) is 41.7 Å². The van der Waals surface area contributed by atoms with Gasteiger partial charge in [0, 0.05) is 22.7 Å². The van der Waals surface area contributed by atoms with Crippen LogP contribution >= 0.6 is 11.8 Å². The van der Waals surface area contributed by atoms with Gasteiger partial charge in [0.05, 0.1) is 6.54 Å². The first-order valence-corrected chi connectivity index (χ1v) is 8.83. The summed E-state index contributed by atoms with van der Waals surface area (Å²) in [5, 5.41) is 14.3. The summed E-state index contributed by atoms with van der Waals surface area (Å²) in [6.45, 7) is 2.54. The first-order valence-electron chi connectivity index (χ1n) is 7.95. The highest BCUT2D eigenvalue weighted by Gasteiger charge is 2.34. The minimum absolute atomic E-state index is 0.00528. The summed E-state index contributed by atoms with van der Waals surface area (Å²) in [4.78, 5) is 25.0. The highest BCUT2D eigenvalue weighted by atomic mass is 32.2. The number of hydrogen-bond donors (Lipinski definition) is 3. The number of alkyl halides is 2. The molecule has 1 saturated carbocycles. The van der Waals surface area contributed by atoms with E-state index in [-0.39, 0.29) is 18.6 Å². The van der Waals surface area contributed by atoms with Crippen molar-refractivity contribution in [3.63, 3.8) is 0 Å². The van der Waals surface area contributed by atoms with Crippen molar-refractivity contribution in [1.29, 1.82) is 0 Å². The summed E-state index contributed by atoms with van der Waals surface area (Å²) in [5.41, 5.74) is 0.445. The summed E-state index contributed by atoms with van der Waals surface area (Å²) in [7, 11) is 0. The number of rotatable bonds is 8. The Morgan fingerprint density at radius 3 is 2.72 bits per heavy atom. The van der Waals surface area contributed by atoms with Crippen LogP contribution in [0.5, 0.6) is 0 Å². The van der Waals surface area contributed by atoms with E-state index in [1.54, 1.807) is 18.2 Å². The SMILES string of the molecule is CCN(CC(=O)O)C1CC(NC(=O)Nc2cccc(SC(F)F)c2)C1. The lowest BCUT2D eigenvalue weighted by molar-refractivity contribution is -0.139. The fourth-order valence-electron chi connectivity index (χ4n) is 2.78. The van der Waals surface area contributed by atoms with Crippen molar-refractivity contribution in [1.82, 2.24) is 10.2 Å². The van der Waals surface area contributed by atoms with E-state index in [1.165, 1.54) is 6.07 Å². The number of thioether (sulfide) groups is 1. The molecule has 0 aliphatic heterocycles. The summed E-state index contributed by atoms with van der Waals surface area (Å²) in [6.07, 6.45) is 1.38. The number of nitrogens with one attached hydrogen (secondary N) is 2. The zero-order chi connectivity index (χ0) is 18.4. The van der Waals surface area contributed by atoms with E-state index >= 15 is 0 Å². The number of carboxylic acid groups (broad SMARTS) is 1. The molecule has 0 radical (unpaired) electrons. The van der Waals surface area contributed by atoms with Crippen LogP contribution in [0.4, 0.5) is 19.3 Å². The number of likely N-dealkylation sites (N-methyl/N-ethyl adjacent to an activating group) is 1. The molecule has 0 saturated heterocycles. The molecule has 0 bridgehead atoms. The fourth-order valence-corrected chi connectivity index (χ4v) is 3.34. The summed E-state index contributed by atoms with van der Waals surface area (Å²) in [6, 6.07) is 6.01. The molecule has 1 aliphatic rings. The maximum Gasteiger partial charge on any atom is 0.319 e. The predicted octanol–water partition coefficient (Wildman–Crippen LogP) is 3.06. The van der Waals surface area contributed by atoms with E-state index < -0.39 is 17.8 Å². The van der Waals surface area contributed by atoms with Gasteiger partial charge in [-0.3, -0.25) is 9.69 Å². The third-order valence-corrected chi connectivity index (χ3v) is 4.73. The summed E-state index contributed by atoms with van der Waals surface area (Å²) >= 11 is 0.422. The number of carboxylic acids is 1. The zero-order valence-corrected chi connectivity index (χ0v) is 14.6. The van der Waals surface area contributed by atoms with Crippen molar-refractivity contribution in [3.05, 3.63) is 24.3 Å². The highest BCUT2D eigenvalue weighted by molar-refractivity contribution is 7.99. The molecule has 2 amide bonds. The minimum atomic E-state index is -2.51. The van der Waals surface area contributed by atoms with E-state index in [1.807, 2.05) is 11.8 Å². The molecule has 9 heteroatoms. The fraction of sp³-hybridized carbons (Fsp3) is 0.500. The first kappa shape index (κ1) is 19.5. The molecule has 0 aromatic heterocycles. The van der Waals surface area contributed by atoms with Crippen LogP contribution in [0.3, 0.4) is 0 Å². The normalized spacial score (nSPS) is 19.6. The van der Waals surface area contributed by atoms with Crippen molar-refractivity contribution in [3.8, 4) is 0 Å². The Hall–Kier alpha value is -1.87. The number of carbonyl (C=O) groups excluding carboxylic acids is 1. The molecule has 1 aromatic rings. The van der Waals surface area contributed by atoms with E-state index in [4.69, 9.17) is 5.11 Å². The molecule has 0 atom stereocenters. The van der Waals surface area contributed by atoms with Crippen molar-refractivity contribution < 1.29 is 23.5 Å². The van der Waals surface area contributed by atoms with Crippen LogP contribution in [0.1, 0.15) is 19.8 Å².